The monoisotopic (exact) mass is 300 g/mol. The number of ether oxygens (including phenoxy) is 2. The molecule has 10 heteroatoms. The molecule has 0 spiro atoms. The van der Waals surface area contributed by atoms with Gasteiger partial charge in [0.25, 0.3) is 6.43 Å². The van der Waals surface area contributed by atoms with Crippen molar-refractivity contribution in [1.82, 2.24) is 4.98 Å². The van der Waals surface area contributed by atoms with Crippen molar-refractivity contribution in [3.63, 3.8) is 0 Å². The Hall–Kier alpha value is -1.97. The van der Waals surface area contributed by atoms with Crippen LogP contribution >= 0.6 is 0 Å². The molecule has 0 fully saturated rings. The predicted octanol–water partition coefficient (Wildman–Crippen LogP) is 2.16. The van der Waals surface area contributed by atoms with Crippen molar-refractivity contribution < 1.29 is 36.2 Å². The number of aromatic nitrogens is 1. The summed E-state index contributed by atoms with van der Waals surface area (Å²) in [6.07, 6.45) is -8.32. The number of pyridine rings is 1. The van der Waals surface area contributed by atoms with Crippen LogP contribution in [0.1, 0.15) is 28.0 Å². The van der Waals surface area contributed by atoms with E-state index in [1.807, 2.05) is 0 Å². The average molecular weight is 300 g/mol. The van der Waals surface area contributed by atoms with Gasteiger partial charge in [0.05, 0.1) is 7.11 Å². The van der Waals surface area contributed by atoms with E-state index >= 15 is 0 Å². The number of halogens is 5. The maximum atomic E-state index is 12.8. The fourth-order valence-electron chi connectivity index (χ4n) is 1.37. The van der Waals surface area contributed by atoms with Crippen LogP contribution in [0.3, 0.4) is 0 Å². The Morgan fingerprint density at radius 1 is 1.45 bits per heavy atom. The number of nitrogens with zero attached hydrogens (tertiary/aromatic N) is 1. The third-order valence-electron chi connectivity index (χ3n) is 2.17. The third-order valence-corrected chi connectivity index (χ3v) is 2.17. The molecule has 112 valence electrons. The molecule has 0 bridgehead atoms. The summed E-state index contributed by atoms with van der Waals surface area (Å²) in [4.78, 5) is 14.4. The molecule has 0 aliphatic heterocycles. The molecule has 0 saturated heterocycles. The van der Waals surface area contributed by atoms with Gasteiger partial charge in [0.1, 0.15) is 0 Å². The summed E-state index contributed by atoms with van der Waals surface area (Å²) < 4.78 is 69.9. The van der Waals surface area contributed by atoms with Crippen LogP contribution in [0.2, 0.25) is 0 Å². The van der Waals surface area contributed by atoms with E-state index in [1.165, 1.54) is 0 Å². The van der Waals surface area contributed by atoms with Crippen molar-refractivity contribution >= 4 is 5.97 Å². The highest BCUT2D eigenvalue weighted by molar-refractivity contribution is 5.87. The van der Waals surface area contributed by atoms with Crippen molar-refractivity contribution in [2.75, 3.05) is 7.11 Å². The minimum Gasteiger partial charge on any atom is -0.464 e. The van der Waals surface area contributed by atoms with Gasteiger partial charge in [-0.2, -0.15) is 0 Å². The van der Waals surface area contributed by atoms with Gasteiger partial charge in [-0.25, -0.2) is 18.6 Å². The van der Waals surface area contributed by atoms with Crippen LogP contribution in [0, 0.1) is 0 Å². The van der Waals surface area contributed by atoms with Gasteiger partial charge >= 0.3 is 12.3 Å². The molecule has 0 unspecified atom stereocenters. The molecule has 1 aromatic heterocycles. The van der Waals surface area contributed by atoms with Gasteiger partial charge in [0.2, 0.25) is 5.88 Å². The average Bonchev–Trinajstić information content (AvgIpc) is 2.34. The van der Waals surface area contributed by atoms with E-state index in [2.05, 4.69) is 14.5 Å². The molecule has 2 N–H and O–H groups in total. The molecule has 1 aromatic rings. The molecule has 0 aliphatic carbocycles. The highest BCUT2D eigenvalue weighted by atomic mass is 19.4. The number of carbonyl (C=O) groups is 1. The Bertz CT molecular complexity index is 504. The van der Waals surface area contributed by atoms with Crippen LogP contribution in [0.25, 0.3) is 0 Å². The van der Waals surface area contributed by atoms with Gasteiger partial charge in [0.15, 0.2) is 5.69 Å². The van der Waals surface area contributed by atoms with E-state index < -0.39 is 48.0 Å². The van der Waals surface area contributed by atoms with E-state index in [0.717, 1.165) is 7.11 Å². The minimum absolute atomic E-state index is 0.613. The first kappa shape index (κ1) is 16.1. The highest BCUT2D eigenvalue weighted by Crippen LogP contribution is 2.32. The van der Waals surface area contributed by atoms with Crippen molar-refractivity contribution in [2.45, 2.75) is 19.3 Å². The van der Waals surface area contributed by atoms with Gasteiger partial charge in [0, 0.05) is 17.7 Å². The number of rotatable bonds is 4. The summed E-state index contributed by atoms with van der Waals surface area (Å²) in [7, 11) is 0.924. The molecular formula is C10H9F5N2O3. The number of hydrogen-bond donors (Lipinski definition) is 1. The largest absolute Gasteiger partial charge is 0.574 e. The van der Waals surface area contributed by atoms with Crippen LogP contribution < -0.4 is 10.5 Å². The number of methoxy groups -OCH3 is 1. The molecule has 0 atom stereocenters. The molecule has 5 nitrogen and oxygen atoms in total. The fraction of sp³-hybridized carbons (Fsp3) is 0.400. The van der Waals surface area contributed by atoms with E-state index in [1.54, 1.807) is 0 Å². The fourth-order valence-corrected chi connectivity index (χ4v) is 1.37. The molecular weight excluding hydrogens is 291 g/mol. The SMILES string of the molecule is COC(=O)c1cc(C(F)F)c(CN)c(OC(F)(F)F)n1. The molecule has 20 heavy (non-hydrogen) atoms. The highest BCUT2D eigenvalue weighted by Gasteiger charge is 2.34. The molecule has 0 radical (unpaired) electrons. The number of esters is 1. The lowest BCUT2D eigenvalue weighted by molar-refractivity contribution is -0.276. The molecule has 0 amide bonds. The minimum atomic E-state index is -5.16. The Morgan fingerprint density at radius 3 is 2.45 bits per heavy atom. The number of alkyl halides is 5. The van der Waals surface area contributed by atoms with E-state index in [0.29, 0.717) is 6.07 Å². The van der Waals surface area contributed by atoms with E-state index in [-0.39, 0.29) is 0 Å². The summed E-state index contributed by atoms with van der Waals surface area (Å²) >= 11 is 0. The van der Waals surface area contributed by atoms with E-state index in [4.69, 9.17) is 5.73 Å². The zero-order chi connectivity index (χ0) is 15.5. The first-order valence-corrected chi connectivity index (χ1v) is 5.05. The lowest BCUT2D eigenvalue weighted by Gasteiger charge is -2.15. The third kappa shape index (κ3) is 3.76. The van der Waals surface area contributed by atoms with Crippen molar-refractivity contribution in [2.24, 2.45) is 5.73 Å². The maximum absolute atomic E-state index is 12.8. The first-order chi connectivity index (χ1) is 9.19. The Morgan fingerprint density at radius 2 is 2.05 bits per heavy atom. The topological polar surface area (TPSA) is 74.4 Å². The lowest BCUT2D eigenvalue weighted by atomic mass is 10.1. The molecule has 0 aliphatic rings. The zero-order valence-electron chi connectivity index (χ0n) is 10.0. The second-order valence-corrected chi connectivity index (χ2v) is 3.42. The van der Waals surface area contributed by atoms with Crippen LogP contribution in [0.4, 0.5) is 22.0 Å². The van der Waals surface area contributed by atoms with Crippen LogP contribution in [0.5, 0.6) is 5.88 Å². The summed E-state index contributed by atoms with van der Waals surface area (Å²) in [5.41, 5.74) is 2.89. The summed E-state index contributed by atoms with van der Waals surface area (Å²) in [5.74, 6) is -2.37. The first-order valence-electron chi connectivity index (χ1n) is 5.05. The Kier molecular flexibility index (Phi) is 4.82. The molecule has 0 saturated carbocycles. The van der Waals surface area contributed by atoms with Crippen LogP contribution in [-0.4, -0.2) is 24.4 Å². The zero-order valence-corrected chi connectivity index (χ0v) is 10.0. The quantitative estimate of drug-likeness (QED) is 0.681. The van der Waals surface area contributed by atoms with Gasteiger partial charge in [-0.3, -0.25) is 0 Å². The summed E-state index contributed by atoms with van der Waals surface area (Å²) in [6, 6.07) is 0.613. The van der Waals surface area contributed by atoms with Crippen LogP contribution in [0.15, 0.2) is 6.07 Å². The van der Waals surface area contributed by atoms with E-state index in [9.17, 15) is 26.7 Å². The smallest absolute Gasteiger partial charge is 0.464 e. The maximum Gasteiger partial charge on any atom is 0.574 e. The van der Waals surface area contributed by atoms with Crippen molar-refractivity contribution in [3.05, 3.63) is 22.9 Å². The van der Waals surface area contributed by atoms with Gasteiger partial charge in [-0.05, 0) is 6.07 Å². The summed E-state index contributed by atoms with van der Waals surface area (Å²) in [6.45, 7) is -0.667. The Balaban J connectivity index is 3.45. The van der Waals surface area contributed by atoms with Crippen LogP contribution in [-0.2, 0) is 11.3 Å². The number of nitrogens with two attached hydrogens (primary N) is 1. The van der Waals surface area contributed by atoms with Gasteiger partial charge < -0.3 is 15.2 Å². The standard InChI is InChI=1S/C10H9F5N2O3/c1-19-9(18)6-2-4(7(11)12)5(3-16)8(17-6)20-10(13,14)15/h2,7H,3,16H2,1H3. The molecule has 0 aromatic carbocycles. The number of hydrogen-bond acceptors (Lipinski definition) is 5. The second kappa shape index (κ2) is 5.99. The summed E-state index contributed by atoms with van der Waals surface area (Å²) in [5, 5.41) is 0. The second-order valence-electron chi connectivity index (χ2n) is 3.42. The van der Waals surface area contributed by atoms with Gasteiger partial charge in [-0.1, -0.05) is 0 Å². The Labute approximate surface area is 109 Å². The predicted molar refractivity (Wildman–Crippen MR) is 55.1 cm³/mol. The molecule has 1 heterocycles. The molecule has 1 rings (SSSR count). The lowest BCUT2D eigenvalue weighted by Crippen LogP contribution is -2.22. The van der Waals surface area contributed by atoms with Crippen molar-refractivity contribution in [3.8, 4) is 5.88 Å². The number of carbonyl (C=O) groups excluding carboxylic acids is 1. The normalized spacial score (nSPS) is 11.6. The van der Waals surface area contributed by atoms with Gasteiger partial charge in [-0.15, -0.1) is 13.2 Å². The van der Waals surface area contributed by atoms with Crippen molar-refractivity contribution in [1.29, 1.82) is 0 Å².